The van der Waals surface area contributed by atoms with E-state index in [1.165, 1.54) is 32.1 Å². The van der Waals surface area contributed by atoms with E-state index in [-0.39, 0.29) is 109 Å². The Bertz CT molecular complexity index is 1430. The monoisotopic (exact) mass is 1110 g/mol. The predicted molar refractivity (Wildman–Crippen MR) is 303 cm³/mol. The van der Waals surface area contributed by atoms with E-state index in [0.29, 0.717) is 32.2 Å². The maximum absolute atomic E-state index is 14.2. The van der Waals surface area contributed by atoms with Crippen LogP contribution in [0.2, 0.25) is 0 Å². The molecule has 0 saturated carbocycles. The smallest absolute Gasteiger partial charge is 0.410 e. The molecule has 0 aliphatic carbocycles. The molecule has 2 fully saturated rings. The predicted octanol–water partition coefficient (Wildman–Crippen LogP) is 13.5. The van der Waals surface area contributed by atoms with E-state index >= 15 is 0 Å². The minimum atomic E-state index is -0.631. The summed E-state index contributed by atoms with van der Waals surface area (Å²) >= 11 is 0. The van der Waals surface area contributed by atoms with Crippen LogP contribution >= 0.6 is 0 Å². The quantitative estimate of drug-likeness (QED) is 0.0317. The van der Waals surface area contributed by atoms with Crippen molar-refractivity contribution in [2.24, 2.45) is 11.8 Å². The van der Waals surface area contributed by atoms with Gasteiger partial charge in [-0.05, 0) is 64.5 Å². The lowest BCUT2D eigenvalue weighted by molar-refractivity contribution is -0.156. The van der Waals surface area contributed by atoms with Crippen molar-refractivity contribution in [3.8, 4) is 0 Å². The van der Waals surface area contributed by atoms with Gasteiger partial charge in [-0.1, -0.05) is 175 Å². The fourth-order valence-electron chi connectivity index (χ4n) is 10.1. The van der Waals surface area contributed by atoms with Crippen LogP contribution in [-0.4, -0.2) is 130 Å². The van der Waals surface area contributed by atoms with Crippen LogP contribution in [0.3, 0.4) is 0 Å². The van der Waals surface area contributed by atoms with E-state index in [2.05, 4.69) is 32.6 Å². The summed E-state index contributed by atoms with van der Waals surface area (Å²) in [4.78, 5) is 96.6. The van der Waals surface area contributed by atoms with Crippen LogP contribution in [0.25, 0.3) is 0 Å². The third-order valence-corrected chi connectivity index (χ3v) is 15.0. The molecular formula is C62H110N2O14. The highest BCUT2D eigenvalue weighted by atomic mass is 16.6. The zero-order chi connectivity index (χ0) is 56.7. The largest absolute Gasteiger partial charge is 0.465 e. The molecular weight excluding hydrogens is 997 g/mol. The SMILES string of the molecule is CCCCCCCCC(=O)OCC(COC(=O)CCCCCCCC)CC(=O)OC[C@@H]1CCCC[C@@H](COC(=O)CC(COC(=O)CCCCCCCC)COC(=O)CCCCCCCC)N1C(=O)OCCN1CCCCC1. The van der Waals surface area contributed by atoms with E-state index in [9.17, 15) is 33.6 Å². The average molecular weight is 1110 g/mol. The molecule has 0 aromatic heterocycles. The van der Waals surface area contributed by atoms with Crippen LogP contribution in [0.5, 0.6) is 0 Å². The summed E-state index contributed by atoms with van der Waals surface area (Å²) in [6, 6.07) is -1.20. The number of carbonyl (C=O) groups is 7. The first kappa shape index (κ1) is 70.2. The maximum Gasteiger partial charge on any atom is 0.410 e. The summed E-state index contributed by atoms with van der Waals surface area (Å²) in [6.45, 7) is 10.5. The topological polar surface area (TPSA) is 191 Å². The number of amides is 1. The summed E-state index contributed by atoms with van der Waals surface area (Å²) in [5, 5.41) is 0. The molecule has 2 aliphatic rings. The summed E-state index contributed by atoms with van der Waals surface area (Å²) in [7, 11) is 0. The molecule has 0 spiro atoms. The molecule has 2 saturated heterocycles. The van der Waals surface area contributed by atoms with Crippen LogP contribution in [0.1, 0.15) is 265 Å². The zero-order valence-electron chi connectivity index (χ0n) is 49.7. The van der Waals surface area contributed by atoms with Crippen LogP contribution in [0.15, 0.2) is 0 Å². The number of likely N-dealkylation sites (tertiary alicyclic amines) is 2. The lowest BCUT2D eigenvalue weighted by Crippen LogP contribution is -2.51. The molecule has 452 valence electrons. The molecule has 0 unspecified atom stereocenters. The third kappa shape index (κ3) is 37.1. The summed E-state index contributed by atoms with van der Waals surface area (Å²) < 4.78 is 40.3. The molecule has 0 aromatic rings. The van der Waals surface area contributed by atoms with Crippen LogP contribution in [0, 0.1) is 11.8 Å². The maximum atomic E-state index is 14.2. The average Bonchev–Trinajstić information content (AvgIpc) is 3.65. The zero-order valence-corrected chi connectivity index (χ0v) is 49.7. The lowest BCUT2D eigenvalue weighted by atomic mass is 10.1. The van der Waals surface area contributed by atoms with E-state index in [1.807, 2.05) is 0 Å². The van der Waals surface area contributed by atoms with Gasteiger partial charge in [-0.2, -0.15) is 0 Å². The van der Waals surface area contributed by atoms with Crippen molar-refractivity contribution in [3.05, 3.63) is 0 Å². The molecule has 2 aliphatic heterocycles. The van der Waals surface area contributed by atoms with Gasteiger partial charge < -0.3 is 33.2 Å². The Hall–Kier alpha value is -3.95. The summed E-state index contributed by atoms with van der Waals surface area (Å²) in [5.41, 5.74) is 0. The second kappa shape index (κ2) is 47.8. The van der Waals surface area contributed by atoms with Gasteiger partial charge in [-0.25, -0.2) is 4.79 Å². The Morgan fingerprint density at radius 3 is 1.03 bits per heavy atom. The van der Waals surface area contributed by atoms with E-state index < -0.39 is 42.0 Å². The number of nitrogens with zero attached hydrogens (tertiary/aromatic N) is 2. The van der Waals surface area contributed by atoms with E-state index in [4.69, 9.17) is 33.2 Å². The molecule has 16 heteroatoms. The number of hydrogen-bond donors (Lipinski definition) is 0. The molecule has 78 heavy (non-hydrogen) atoms. The molecule has 0 aromatic carbocycles. The number of carbonyl (C=O) groups excluding carboxylic acids is 7. The molecule has 1 amide bonds. The number of esters is 6. The fraction of sp³-hybridized carbons (Fsp3) is 0.887. The summed E-state index contributed by atoms with van der Waals surface area (Å²) in [6.07, 6.45) is 30.6. The van der Waals surface area contributed by atoms with Gasteiger partial charge in [0.1, 0.15) is 19.8 Å². The second-order valence-electron chi connectivity index (χ2n) is 22.3. The van der Waals surface area contributed by atoms with Gasteiger partial charge in [-0.15, -0.1) is 0 Å². The lowest BCUT2D eigenvalue weighted by Gasteiger charge is -2.35. The Morgan fingerprint density at radius 2 is 0.692 bits per heavy atom. The fourth-order valence-corrected chi connectivity index (χ4v) is 10.1. The van der Waals surface area contributed by atoms with Gasteiger partial charge in [0.15, 0.2) is 0 Å². The Kier molecular flexibility index (Phi) is 43.0. The molecule has 2 atom stereocenters. The van der Waals surface area contributed by atoms with Crippen molar-refractivity contribution in [1.29, 1.82) is 0 Å². The van der Waals surface area contributed by atoms with E-state index in [1.54, 1.807) is 4.90 Å². The van der Waals surface area contributed by atoms with Crippen molar-refractivity contribution in [3.63, 3.8) is 0 Å². The van der Waals surface area contributed by atoms with Gasteiger partial charge in [0.2, 0.25) is 0 Å². The van der Waals surface area contributed by atoms with Crippen molar-refractivity contribution < 1.29 is 66.7 Å². The molecule has 0 radical (unpaired) electrons. The van der Waals surface area contributed by atoms with Gasteiger partial charge >= 0.3 is 41.9 Å². The first-order valence-corrected chi connectivity index (χ1v) is 31.6. The Morgan fingerprint density at radius 1 is 0.372 bits per heavy atom. The minimum absolute atomic E-state index is 0.107. The van der Waals surface area contributed by atoms with Crippen LogP contribution in [0.4, 0.5) is 4.79 Å². The van der Waals surface area contributed by atoms with Crippen molar-refractivity contribution in [1.82, 2.24) is 9.80 Å². The summed E-state index contributed by atoms with van der Waals surface area (Å²) in [5.74, 6) is -3.87. The van der Waals surface area contributed by atoms with Gasteiger partial charge in [0.25, 0.3) is 0 Å². The highest BCUT2D eigenvalue weighted by Crippen LogP contribution is 2.26. The number of ether oxygens (including phenoxy) is 7. The van der Waals surface area contributed by atoms with Crippen LogP contribution < -0.4 is 0 Å². The first-order valence-electron chi connectivity index (χ1n) is 31.6. The van der Waals surface area contributed by atoms with Gasteiger partial charge in [0.05, 0.1) is 51.4 Å². The van der Waals surface area contributed by atoms with E-state index in [0.717, 1.165) is 154 Å². The number of rotatable bonds is 47. The number of piperidine rings is 1. The van der Waals surface area contributed by atoms with Crippen molar-refractivity contribution in [2.75, 3.05) is 65.9 Å². The molecule has 0 N–H and O–H groups in total. The second-order valence-corrected chi connectivity index (χ2v) is 22.3. The van der Waals surface area contributed by atoms with Crippen molar-refractivity contribution >= 4 is 41.9 Å². The highest BCUT2D eigenvalue weighted by molar-refractivity contribution is 5.73. The molecule has 0 bridgehead atoms. The Balaban J connectivity index is 2.17. The van der Waals surface area contributed by atoms with Crippen LogP contribution in [-0.2, 0) is 61.9 Å². The highest BCUT2D eigenvalue weighted by Gasteiger charge is 2.36. The normalized spacial score (nSPS) is 15.9. The molecule has 2 heterocycles. The third-order valence-electron chi connectivity index (χ3n) is 15.0. The van der Waals surface area contributed by atoms with Crippen molar-refractivity contribution in [2.45, 2.75) is 277 Å². The van der Waals surface area contributed by atoms with Gasteiger partial charge in [0, 0.05) is 44.1 Å². The Labute approximate surface area is 471 Å². The number of hydrogen-bond acceptors (Lipinski definition) is 15. The molecule has 2 rings (SSSR count). The standard InChI is InChI=1S/C62H110N2O14/c1-5-9-13-17-21-26-36-56(65)73-46-52(47-74-57(66)37-27-22-18-14-10-6-2)44-60(69)77-50-54-34-30-31-35-55(64(54)62(71)72-43-42-63-40-32-25-33-41-63)51-78-61(70)45-53(48-75-58(67)38-28-23-19-15-11-7-3)49-76-59(68)39-29-24-20-16-12-8-4/h52-55H,5-51H2,1-4H3/t54-,55-/m0/s1. The molecule has 16 nitrogen and oxygen atoms in total. The van der Waals surface area contributed by atoms with Gasteiger partial charge in [-0.3, -0.25) is 38.6 Å². The number of unbranched alkanes of at least 4 members (excludes halogenated alkanes) is 20. The first-order chi connectivity index (χ1) is 38.0. The minimum Gasteiger partial charge on any atom is -0.465 e.